The molecule has 0 saturated carbocycles. The Morgan fingerprint density at radius 3 is 2.03 bits per heavy atom. The first-order chi connectivity index (χ1) is 14.5. The van der Waals surface area contributed by atoms with Crippen molar-refractivity contribution < 1.29 is 18.3 Å². The number of thiol groups is 1. The largest absolute Gasteiger partial charge is 0.367 e. The van der Waals surface area contributed by atoms with Gasteiger partial charge in [0.05, 0.1) is 11.9 Å². The Labute approximate surface area is 181 Å². The molecule has 4 rings (SSSR count). The van der Waals surface area contributed by atoms with E-state index in [-0.39, 0.29) is 34.3 Å². The van der Waals surface area contributed by atoms with Crippen molar-refractivity contribution in [2.24, 2.45) is 5.41 Å². The fourth-order valence-electron chi connectivity index (χ4n) is 4.37. The van der Waals surface area contributed by atoms with Gasteiger partial charge in [0.25, 0.3) is 0 Å². The van der Waals surface area contributed by atoms with Crippen molar-refractivity contribution in [3.63, 3.8) is 0 Å². The zero-order valence-electron chi connectivity index (χ0n) is 16.7. The van der Waals surface area contributed by atoms with Gasteiger partial charge in [0.15, 0.2) is 0 Å². The van der Waals surface area contributed by atoms with E-state index in [1.165, 1.54) is 24.3 Å². The minimum atomic E-state index is -0.388. The number of piperidine rings is 1. The summed E-state index contributed by atoms with van der Waals surface area (Å²) in [6, 6.07) is 12.4. The van der Waals surface area contributed by atoms with Crippen molar-refractivity contribution >= 4 is 18.5 Å². The highest BCUT2D eigenvalue weighted by atomic mass is 32.1. The average molecular weight is 433 g/mol. The van der Waals surface area contributed by atoms with Gasteiger partial charge in [0.2, 0.25) is 5.91 Å². The number of nitrogens with zero attached hydrogens (tertiary/aromatic N) is 1. The van der Waals surface area contributed by atoms with E-state index in [1.807, 2.05) is 0 Å². The van der Waals surface area contributed by atoms with Crippen LogP contribution >= 0.6 is 12.6 Å². The third-order valence-corrected chi connectivity index (χ3v) is 7.11. The van der Waals surface area contributed by atoms with E-state index in [9.17, 15) is 13.6 Å². The monoisotopic (exact) mass is 432 g/mol. The Balaban J connectivity index is 1.36. The Morgan fingerprint density at radius 1 is 1.03 bits per heavy atom. The molecule has 1 spiro atoms. The minimum absolute atomic E-state index is 0.0385. The molecule has 1 atom stereocenters. The standard InChI is InChI=1S/C23H26F2N2O2S/c24-18-5-1-16(2-6-18)20(17-3-7-19(25)8-4-17)29-14-13-27-11-9-23(10-12-27)15-26-22(28)21(23)30/h1-8,20-21,30H,9-15H2,(H,26,28). The molecule has 2 aliphatic heterocycles. The molecule has 4 nitrogen and oxygen atoms in total. The van der Waals surface area contributed by atoms with Crippen LogP contribution in [0.15, 0.2) is 48.5 Å². The highest BCUT2D eigenvalue weighted by Crippen LogP contribution is 2.40. The lowest BCUT2D eigenvalue weighted by Gasteiger charge is -2.40. The number of halogens is 2. The van der Waals surface area contributed by atoms with Gasteiger partial charge in [-0.3, -0.25) is 4.79 Å². The first-order valence-electron chi connectivity index (χ1n) is 10.3. The molecule has 2 fully saturated rings. The lowest BCUT2D eigenvalue weighted by molar-refractivity contribution is -0.119. The van der Waals surface area contributed by atoms with Gasteiger partial charge < -0.3 is 15.0 Å². The van der Waals surface area contributed by atoms with E-state index >= 15 is 0 Å². The molecule has 1 unspecified atom stereocenters. The van der Waals surface area contributed by atoms with E-state index in [0.717, 1.165) is 43.6 Å². The number of hydrogen-bond donors (Lipinski definition) is 2. The summed E-state index contributed by atoms with van der Waals surface area (Å²) < 4.78 is 32.9. The number of benzene rings is 2. The van der Waals surface area contributed by atoms with E-state index < -0.39 is 0 Å². The molecule has 1 amide bonds. The average Bonchev–Trinajstić information content (AvgIpc) is 3.03. The first kappa shape index (κ1) is 21.3. The molecule has 2 aliphatic rings. The molecule has 7 heteroatoms. The molecular formula is C23H26F2N2O2S. The van der Waals surface area contributed by atoms with Crippen LogP contribution in [0, 0.1) is 17.0 Å². The summed E-state index contributed by atoms with van der Waals surface area (Å²) in [5.74, 6) is -0.570. The van der Waals surface area contributed by atoms with Crippen molar-refractivity contribution in [3.05, 3.63) is 71.3 Å². The third kappa shape index (κ3) is 4.53. The van der Waals surface area contributed by atoms with Crippen LogP contribution < -0.4 is 5.32 Å². The molecule has 2 saturated heterocycles. The number of carbonyl (C=O) groups is 1. The minimum Gasteiger partial charge on any atom is -0.367 e. The molecule has 2 heterocycles. The van der Waals surface area contributed by atoms with Gasteiger partial charge in [0.1, 0.15) is 17.7 Å². The highest BCUT2D eigenvalue weighted by molar-refractivity contribution is 7.81. The summed E-state index contributed by atoms with van der Waals surface area (Å²) >= 11 is 4.53. The van der Waals surface area contributed by atoms with Crippen LogP contribution in [-0.4, -0.2) is 48.8 Å². The molecule has 1 N–H and O–H groups in total. The Morgan fingerprint density at radius 2 is 1.57 bits per heavy atom. The Bertz CT molecular complexity index is 822. The number of rotatable bonds is 6. The van der Waals surface area contributed by atoms with Crippen molar-refractivity contribution in [3.8, 4) is 0 Å². The number of amides is 1. The Hall–Kier alpha value is -1.96. The molecule has 0 bridgehead atoms. The van der Waals surface area contributed by atoms with Crippen molar-refractivity contribution in [1.82, 2.24) is 10.2 Å². The lowest BCUT2D eigenvalue weighted by atomic mass is 9.77. The van der Waals surface area contributed by atoms with Crippen LogP contribution in [0.3, 0.4) is 0 Å². The maximum Gasteiger partial charge on any atom is 0.233 e. The number of nitrogens with one attached hydrogen (secondary N) is 1. The van der Waals surface area contributed by atoms with E-state index in [1.54, 1.807) is 24.3 Å². The quantitative estimate of drug-likeness (QED) is 0.686. The van der Waals surface area contributed by atoms with Crippen LogP contribution in [0.5, 0.6) is 0 Å². The van der Waals surface area contributed by atoms with Gasteiger partial charge >= 0.3 is 0 Å². The van der Waals surface area contributed by atoms with Crippen LogP contribution in [0.25, 0.3) is 0 Å². The zero-order chi connectivity index (χ0) is 21.1. The van der Waals surface area contributed by atoms with Crippen LogP contribution in [0.1, 0.15) is 30.1 Å². The lowest BCUT2D eigenvalue weighted by Crippen LogP contribution is -2.45. The summed E-state index contributed by atoms with van der Waals surface area (Å²) in [4.78, 5) is 14.2. The molecular weight excluding hydrogens is 406 g/mol. The zero-order valence-corrected chi connectivity index (χ0v) is 17.6. The van der Waals surface area contributed by atoms with Crippen molar-refractivity contribution in [1.29, 1.82) is 0 Å². The van der Waals surface area contributed by atoms with E-state index in [0.29, 0.717) is 13.2 Å². The van der Waals surface area contributed by atoms with Crippen LogP contribution in [0.4, 0.5) is 8.78 Å². The maximum atomic E-state index is 13.3. The van der Waals surface area contributed by atoms with Gasteiger partial charge in [-0.15, -0.1) is 0 Å². The van der Waals surface area contributed by atoms with Gasteiger partial charge in [-0.05, 0) is 61.3 Å². The normalized spacial score (nSPS) is 21.3. The topological polar surface area (TPSA) is 41.6 Å². The van der Waals surface area contributed by atoms with Gasteiger partial charge in [-0.25, -0.2) is 8.78 Å². The summed E-state index contributed by atoms with van der Waals surface area (Å²) in [6.45, 7) is 3.75. The van der Waals surface area contributed by atoms with Gasteiger partial charge in [-0.2, -0.15) is 12.6 Å². The summed E-state index contributed by atoms with van der Waals surface area (Å²) in [5, 5.41) is 2.71. The van der Waals surface area contributed by atoms with Crippen molar-refractivity contribution in [2.75, 3.05) is 32.8 Å². The van der Waals surface area contributed by atoms with E-state index in [2.05, 4.69) is 22.8 Å². The molecule has 0 aliphatic carbocycles. The third-order valence-electron chi connectivity index (χ3n) is 6.33. The summed E-state index contributed by atoms with van der Waals surface area (Å²) in [6.07, 6.45) is 1.47. The fraction of sp³-hybridized carbons (Fsp3) is 0.435. The SMILES string of the molecule is O=C1NCC2(CCN(CCOC(c3ccc(F)cc3)c3ccc(F)cc3)CC2)C1S. The van der Waals surface area contributed by atoms with Gasteiger partial charge in [0, 0.05) is 18.5 Å². The molecule has 0 aromatic heterocycles. The second-order valence-electron chi connectivity index (χ2n) is 8.18. The number of carbonyl (C=O) groups excluding carboxylic acids is 1. The van der Waals surface area contributed by atoms with Crippen molar-refractivity contribution in [2.45, 2.75) is 24.2 Å². The molecule has 2 aromatic rings. The highest BCUT2D eigenvalue weighted by Gasteiger charge is 2.47. The number of hydrogen-bond acceptors (Lipinski definition) is 4. The maximum absolute atomic E-state index is 13.3. The summed E-state index contributed by atoms with van der Waals surface area (Å²) in [5.41, 5.74) is 1.62. The predicted octanol–water partition coefficient (Wildman–Crippen LogP) is 3.58. The molecule has 160 valence electrons. The van der Waals surface area contributed by atoms with E-state index in [4.69, 9.17) is 4.74 Å². The Kier molecular flexibility index (Phi) is 6.41. The molecule has 30 heavy (non-hydrogen) atoms. The second kappa shape index (κ2) is 9.04. The second-order valence-corrected chi connectivity index (χ2v) is 8.69. The summed E-state index contributed by atoms with van der Waals surface area (Å²) in [7, 11) is 0. The van der Waals surface area contributed by atoms with Crippen LogP contribution in [0.2, 0.25) is 0 Å². The first-order valence-corrected chi connectivity index (χ1v) is 10.8. The fourth-order valence-corrected chi connectivity index (χ4v) is 4.81. The molecule has 2 aromatic carbocycles. The molecule has 0 radical (unpaired) electrons. The van der Waals surface area contributed by atoms with Crippen LogP contribution in [-0.2, 0) is 9.53 Å². The number of likely N-dealkylation sites (tertiary alicyclic amines) is 1. The predicted molar refractivity (Wildman–Crippen MR) is 114 cm³/mol. The smallest absolute Gasteiger partial charge is 0.233 e. The van der Waals surface area contributed by atoms with Gasteiger partial charge in [-0.1, -0.05) is 24.3 Å². The number of ether oxygens (including phenoxy) is 1.